The van der Waals surface area contributed by atoms with Crippen molar-refractivity contribution in [2.24, 2.45) is 0 Å². The third-order valence-electron chi connectivity index (χ3n) is 3.83. The van der Waals surface area contributed by atoms with Crippen molar-refractivity contribution in [3.05, 3.63) is 58.6 Å². The maximum Gasteiger partial charge on any atom is 0.251 e. The third-order valence-corrected chi connectivity index (χ3v) is 5.54. The number of ether oxygens (including phenoxy) is 2. The molecule has 0 spiro atoms. The molecule has 2 rings (SSSR count). The Balaban J connectivity index is 1.95. The molecular formula is C19H23ClN2O5S. The van der Waals surface area contributed by atoms with E-state index in [0.717, 1.165) is 0 Å². The van der Waals surface area contributed by atoms with Gasteiger partial charge in [-0.15, -0.1) is 0 Å². The molecule has 0 radical (unpaired) electrons. The van der Waals surface area contributed by atoms with E-state index in [0.29, 0.717) is 21.9 Å². The molecule has 0 saturated heterocycles. The quantitative estimate of drug-likeness (QED) is 0.569. The number of carbonyl (C=O) groups is 1. The number of carbonyl (C=O) groups excluding carboxylic acids is 1. The summed E-state index contributed by atoms with van der Waals surface area (Å²) in [6, 6.07) is 11.3. The molecule has 28 heavy (non-hydrogen) atoms. The first-order valence-corrected chi connectivity index (χ1v) is 10.5. The first-order chi connectivity index (χ1) is 13.3. The molecule has 7 nitrogen and oxygen atoms in total. The van der Waals surface area contributed by atoms with Gasteiger partial charge in [0.1, 0.15) is 12.4 Å². The topological polar surface area (TPSA) is 93.7 Å². The van der Waals surface area contributed by atoms with Crippen LogP contribution in [0.3, 0.4) is 0 Å². The number of nitrogens with one attached hydrogen (secondary N) is 2. The highest BCUT2D eigenvalue weighted by molar-refractivity contribution is 7.89. The van der Waals surface area contributed by atoms with E-state index in [9.17, 15) is 13.2 Å². The zero-order valence-corrected chi connectivity index (χ0v) is 17.3. The molecule has 2 aromatic rings. The molecule has 0 aliphatic rings. The maximum absolute atomic E-state index is 12.4. The molecule has 2 aromatic carbocycles. The van der Waals surface area contributed by atoms with Crippen molar-refractivity contribution in [2.75, 3.05) is 33.4 Å². The number of hydrogen-bond donors (Lipinski definition) is 2. The number of methoxy groups -OCH3 is 1. The van der Waals surface area contributed by atoms with E-state index >= 15 is 0 Å². The van der Waals surface area contributed by atoms with Gasteiger partial charge in [0.05, 0.1) is 18.0 Å². The molecule has 0 saturated carbocycles. The standard InChI is InChI=1S/C19H23ClN2O5S/c1-14-3-8-17(28(24,25)22-10-11-26-2)13-18(14)19(23)21-9-12-27-16-6-4-15(20)5-7-16/h3-8,13,22H,9-12H2,1-2H3,(H,21,23). The van der Waals surface area contributed by atoms with E-state index < -0.39 is 10.0 Å². The molecular weight excluding hydrogens is 404 g/mol. The van der Waals surface area contributed by atoms with Crippen LogP contribution in [0.2, 0.25) is 5.02 Å². The predicted octanol–water partition coefficient (Wildman–Crippen LogP) is 2.38. The zero-order valence-electron chi connectivity index (χ0n) is 15.7. The normalized spacial score (nSPS) is 11.2. The minimum absolute atomic E-state index is 0.0248. The van der Waals surface area contributed by atoms with E-state index in [1.165, 1.54) is 19.2 Å². The molecule has 0 aromatic heterocycles. The molecule has 0 atom stereocenters. The fourth-order valence-electron chi connectivity index (χ4n) is 2.33. The summed E-state index contributed by atoms with van der Waals surface area (Å²) in [7, 11) is -2.23. The monoisotopic (exact) mass is 426 g/mol. The summed E-state index contributed by atoms with van der Waals surface area (Å²) in [5, 5.41) is 3.34. The van der Waals surface area contributed by atoms with Crippen LogP contribution in [-0.2, 0) is 14.8 Å². The van der Waals surface area contributed by atoms with Gasteiger partial charge in [-0.2, -0.15) is 0 Å². The van der Waals surface area contributed by atoms with E-state index in [2.05, 4.69) is 10.0 Å². The van der Waals surface area contributed by atoms with Gasteiger partial charge in [0, 0.05) is 24.2 Å². The minimum atomic E-state index is -3.72. The van der Waals surface area contributed by atoms with Crippen LogP contribution in [0.5, 0.6) is 5.75 Å². The number of sulfonamides is 1. The fraction of sp³-hybridized carbons (Fsp3) is 0.316. The summed E-state index contributed by atoms with van der Waals surface area (Å²) in [5.74, 6) is 0.274. The molecule has 152 valence electrons. The molecule has 0 fully saturated rings. The number of benzene rings is 2. The zero-order chi connectivity index (χ0) is 20.6. The van der Waals surface area contributed by atoms with Crippen LogP contribution < -0.4 is 14.8 Å². The summed E-state index contributed by atoms with van der Waals surface area (Å²) < 4.78 is 37.4. The van der Waals surface area contributed by atoms with E-state index in [1.54, 1.807) is 37.3 Å². The summed E-state index contributed by atoms with van der Waals surface area (Å²) in [5.41, 5.74) is 0.966. The second-order valence-electron chi connectivity index (χ2n) is 5.93. The van der Waals surface area contributed by atoms with Crippen LogP contribution >= 0.6 is 11.6 Å². The molecule has 0 unspecified atom stereocenters. The van der Waals surface area contributed by atoms with Crippen molar-refractivity contribution in [1.29, 1.82) is 0 Å². The largest absolute Gasteiger partial charge is 0.492 e. The summed E-state index contributed by atoms with van der Waals surface area (Å²) in [6.07, 6.45) is 0. The number of halogens is 1. The van der Waals surface area contributed by atoms with E-state index in [-0.39, 0.29) is 37.1 Å². The van der Waals surface area contributed by atoms with Crippen LogP contribution in [0.25, 0.3) is 0 Å². The van der Waals surface area contributed by atoms with Crippen LogP contribution in [0.1, 0.15) is 15.9 Å². The Labute approximate surface area is 170 Å². The lowest BCUT2D eigenvalue weighted by molar-refractivity contribution is 0.0946. The number of rotatable bonds is 10. The second kappa shape index (κ2) is 10.4. The molecule has 0 aliphatic heterocycles. The highest BCUT2D eigenvalue weighted by Gasteiger charge is 2.17. The van der Waals surface area contributed by atoms with Gasteiger partial charge in [0.15, 0.2) is 0 Å². The maximum atomic E-state index is 12.4. The Morgan fingerprint density at radius 3 is 2.46 bits per heavy atom. The highest BCUT2D eigenvalue weighted by Crippen LogP contribution is 2.16. The third kappa shape index (κ3) is 6.49. The van der Waals surface area contributed by atoms with Gasteiger partial charge in [-0.25, -0.2) is 13.1 Å². The first kappa shape index (κ1) is 22.2. The Morgan fingerprint density at radius 2 is 1.79 bits per heavy atom. The smallest absolute Gasteiger partial charge is 0.251 e. The molecule has 9 heteroatoms. The molecule has 0 bridgehead atoms. The lowest BCUT2D eigenvalue weighted by Gasteiger charge is -2.12. The van der Waals surface area contributed by atoms with Crippen molar-refractivity contribution >= 4 is 27.5 Å². The van der Waals surface area contributed by atoms with Crippen LogP contribution in [-0.4, -0.2) is 47.7 Å². The predicted molar refractivity (Wildman–Crippen MR) is 108 cm³/mol. The Kier molecular flexibility index (Phi) is 8.25. The van der Waals surface area contributed by atoms with Crippen molar-refractivity contribution < 1.29 is 22.7 Å². The first-order valence-electron chi connectivity index (χ1n) is 8.59. The molecule has 2 N–H and O–H groups in total. The summed E-state index contributed by atoms with van der Waals surface area (Å²) >= 11 is 5.81. The molecule has 0 heterocycles. The number of hydrogen-bond acceptors (Lipinski definition) is 5. The van der Waals surface area contributed by atoms with Crippen molar-refractivity contribution in [1.82, 2.24) is 10.0 Å². The van der Waals surface area contributed by atoms with Gasteiger partial charge >= 0.3 is 0 Å². The van der Waals surface area contributed by atoms with Crippen LogP contribution in [0.4, 0.5) is 0 Å². The van der Waals surface area contributed by atoms with Crippen LogP contribution in [0.15, 0.2) is 47.4 Å². The van der Waals surface area contributed by atoms with Crippen molar-refractivity contribution in [3.63, 3.8) is 0 Å². The van der Waals surface area contributed by atoms with Gasteiger partial charge in [0.25, 0.3) is 5.91 Å². The van der Waals surface area contributed by atoms with Gasteiger partial charge < -0.3 is 14.8 Å². The number of aryl methyl sites for hydroxylation is 1. The van der Waals surface area contributed by atoms with E-state index in [4.69, 9.17) is 21.1 Å². The molecule has 0 aliphatic carbocycles. The fourth-order valence-corrected chi connectivity index (χ4v) is 3.50. The minimum Gasteiger partial charge on any atom is -0.492 e. The Morgan fingerprint density at radius 1 is 1.07 bits per heavy atom. The Hall–Kier alpha value is -2.13. The van der Waals surface area contributed by atoms with Gasteiger partial charge in [-0.1, -0.05) is 17.7 Å². The lowest BCUT2D eigenvalue weighted by Crippen LogP contribution is -2.30. The highest BCUT2D eigenvalue weighted by atomic mass is 35.5. The van der Waals surface area contributed by atoms with Crippen molar-refractivity contribution in [3.8, 4) is 5.75 Å². The van der Waals surface area contributed by atoms with Gasteiger partial charge in [0.2, 0.25) is 10.0 Å². The summed E-state index contributed by atoms with van der Waals surface area (Å²) in [6.45, 7) is 2.68. The van der Waals surface area contributed by atoms with Gasteiger partial charge in [-0.3, -0.25) is 4.79 Å². The lowest BCUT2D eigenvalue weighted by atomic mass is 10.1. The van der Waals surface area contributed by atoms with Crippen LogP contribution in [0, 0.1) is 6.92 Å². The average molecular weight is 427 g/mol. The Bertz CT molecular complexity index is 901. The number of amides is 1. The average Bonchev–Trinajstić information content (AvgIpc) is 2.66. The summed E-state index contributed by atoms with van der Waals surface area (Å²) in [4.78, 5) is 12.5. The van der Waals surface area contributed by atoms with Gasteiger partial charge in [-0.05, 0) is 48.9 Å². The SMILES string of the molecule is COCCNS(=O)(=O)c1ccc(C)c(C(=O)NCCOc2ccc(Cl)cc2)c1. The van der Waals surface area contributed by atoms with E-state index in [1.807, 2.05) is 0 Å². The van der Waals surface area contributed by atoms with Crippen molar-refractivity contribution in [2.45, 2.75) is 11.8 Å². The second-order valence-corrected chi connectivity index (χ2v) is 8.13. The molecule has 1 amide bonds.